The van der Waals surface area contributed by atoms with Gasteiger partial charge < -0.3 is 5.73 Å². The lowest BCUT2D eigenvalue weighted by molar-refractivity contribution is -0.137. The molecular weight excluding hydrogens is 305 g/mol. The number of sulfonamides is 1. The lowest BCUT2D eigenvalue weighted by Crippen LogP contribution is -2.36. The third-order valence-electron chi connectivity index (χ3n) is 2.14. The minimum Gasteiger partial charge on any atom is -0.399 e. The van der Waals surface area contributed by atoms with Crippen LogP contribution >= 0.6 is 11.6 Å². The summed E-state index contributed by atoms with van der Waals surface area (Å²) in [7, 11) is -4.15. The molecule has 0 aliphatic carbocycles. The number of nitrogens with two attached hydrogens (primary N) is 1. The highest BCUT2D eigenvalue weighted by molar-refractivity contribution is 7.89. The van der Waals surface area contributed by atoms with Crippen LogP contribution in [0, 0.1) is 0 Å². The summed E-state index contributed by atoms with van der Waals surface area (Å²) < 4.78 is 62.1. The van der Waals surface area contributed by atoms with Gasteiger partial charge in [-0.15, -0.1) is 0 Å². The molecule has 0 aliphatic rings. The van der Waals surface area contributed by atoms with E-state index in [1.807, 2.05) is 4.72 Å². The summed E-state index contributed by atoms with van der Waals surface area (Å²) in [5.41, 5.74) is 5.57. The van der Waals surface area contributed by atoms with E-state index >= 15 is 0 Å². The van der Waals surface area contributed by atoms with Gasteiger partial charge in [-0.1, -0.05) is 11.6 Å². The normalized spacial score (nSPS) is 14.4. The Morgan fingerprint density at radius 2 is 2.00 bits per heavy atom. The standard InChI is InChI=1S/C10H12ClF3N2O2S/c1-6(5-10(12,13)14)16-19(17,18)9-4-7(15)2-3-8(9)11/h2-4,6,16H,5,15H2,1H3. The van der Waals surface area contributed by atoms with E-state index < -0.39 is 28.7 Å². The molecule has 4 nitrogen and oxygen atoms in total. The van der Waals surface area contributed by atoms with E-state index in [2.05, 4.69) is 0 Å². The SMILES string of the molecule is CC(CC(F)(F)F)NS(=O)(=O)c1cc(N)ccc1Cl. The molecule has 19 heavy (non-hydrogen) atoms. The fourth-order valence-electron chi connectivity index (χ4n) is 1.44. The molecule has 1 atom stereocenters. The van der Waals surface area contributed by atoms with E-state index in [4.69, 9.17) is 17.3 Å². The summed E-state index contributed by atoms with van der Waals surface area (Å²) in [5, 5.41) is -0.110. The average Bonchev–Trinajstić information content (AvgIpc) is 2.17. The van der Waals surface area contributed by atoms with Crippen LogP contribution in [0.5, 0.6) is 0 Å². The molecule has 0 bridgehead atoms. The Bertz CT molecular complexity index is 560. The van der Waals surface area contributed by atoms with Crippen molar-refractivity contribution in [3.05, 3.63) is 23.2 Å². The molecule has 0 heterocycles. The molecule has 0 saturated carbocycles. The minimum absolute atomic E-state index is 0.110. The van der Waals surface area contributed by atoms with Crippen LogP contribution in [0.3, 0.4) is 0 Å². The summed E-state index contributed by atoms with van der Waals surface area (Å²) in [4.78, 5) is -0.344. The van der Waals surface area contributed by atoms with Crippen LogP contribution in [0.1, 0.15) is 13.3 Å². The van der Waals surface area contributed by atoms with E-state index in [9.17, 15) is 21.6 Å². The number of anilines is 1. The molecule has 1 aromatic rings. The van der Waals surface area contributed by atoms with Crippen LogP contribution in [0.2, 0.25) is 5.02 Å². The quantitative estimate of drug-likeness (QED) is 0.838. The van der Waals surface area contributed by atoms with Crippen LogP contribution in [0.4, 0.5) is 18.9 Å². The predicted molar refractivity (Wildman–Crippen MR) is 66.3 cm³/mol. The van der Waals surface area contributed by atoms with Gasteiger partial charge in [-0.2, -0.15) is 13.2 Å². The maximum Gasteiger partial charge on any atom is 0.390 e. The van der Waals surface area contributed by atoms with Gasteiger partial charge in [-0.3, -0.25) is 0 Å². The smallest absolute Gasteiger partial charge is 0.390 e. The Morgan fingerprint density at radius 1 is 1.42 bits per heavy atom. The number of nitrogens with one attached hydrogen (secondary N) is 1. The number of nitrogen functional groups attached to an aromatic ring is 1. The summed E-state index contributed by atoms with van der Waals surface area (Å²) in [6, 6.07) is 2.44. The number of hydrogen-bond donors (Lipinski definition) is 2. The molecule has 0 amide bonds. The topological polar surface area (TPSA) is 72.2 Å². The molecule has 0 aliphatic heterocycles. The zero-order valence-corrected chi connectivity index (χ0v) is 11.4. The zero-order valence-electron chi connectivity index (χ0n) is 9.83. The second-order valence-electron chi connectivity index (χ2n) is 4.03. The molecule has 3 N–H and O–H groups in total. The Balaban J connectivity index is 2.96. The van der Waals surface area contributed by atoms with Gasteiger partial charge in [0.2, 0.25) is 10.0 Å². The van der Waals surface area contributed by atoms with E-state index in [0.717, 1.165) is 13.0 Å². The molecule has 0 aromatic heterocycles. The molecule has 1 aromatic carbocycles. The third kappa shape index (κ3) is 4.88. The second-order valence-corrected chi connectivity index (χ2v) is 6.12. The lowest BCUT2D eigenvalue weighted by atomic mass is 10.2. The fraction of sp³-hybridized carbons (Fsp3) is 0.400. The Hall–Kier alpha value is -0.990. The molecule has 0 spiro atoms. The second kappa shape index (κ2) is 5.56. The van der Waals surface area contributed by atoms with Crippen molar-refractivity contribution in [2.24, 2.45) is 0 Å². The van der Waals surface area contributed by atoms with Crippen LogP contribution in [0.15, 0.2) is 23.1 Å². The molecule has 0 saturated heterocycles. The first-order chi connectivity index (χ1) is 8.51. The predicted octanol–water partition coefficient (Wildman–Crippen LogP) is 2.54. The summed E-state index contributed by atoms with van der Waals surface area (Å²) in [6.07, 6.45) is -5.73. The molecule has 1 rings (SSSR count). The summed E-state index contributed by atoms with van der Waals surface area (Å²) in [5.74, 6) is 0. The van der Waals surface area contributed by atoms with Gasteiger partial charge in [0.05, 0.1) is 11.4 Å². The van der Waals surface area contributed by atoms with Crippen LogP contribution in [-0.4, -0.2) is 20.6 Å². The van der Waals surface area contributed by atoms with Crippen LogP contribution in [-0.2, 0) is 10.0 Å². The van der Waals surface area contributed by atoms with Crippen molar-refractivity contribution < 1.29 is 21.6 Å². The van der Waals surface area contributed by atoms with Gasteiger partial charge in [-0.25, -0.2) is 13.1 Å². The van der Waals surface area contributed by atoms with Crippen molar-refractivity contribution in [2.75, 3.05) is 5.73 Å². The zero-order chi connectivity index (χ0) is 14.8. The first-order valence-corrected chi connectivity index (χ1v) is 7.01. The van der Waals surface area contributed by atoms with Crippen LogP contribution < -0.4 is 10.5 Å². The van der Waals surface area contributed by atoms with Crippen molar-refractivity contribution in [3.63, 3.8) is 0 Å². The van der Waals surface area contributed by atoms with Crippen LogP contribution in [0.25, 0.3) is 0 Å². The van der Waals surface area contributed by atoms with E-state index in [0.29, 0.717) is 0 Å². The van der Waals surface area contributed by atoms with Crippen molar-refractivity contribution in [1.29, 1.82) is 0 Å². The van der Waals surface area contributed by atoms with Crippen molar-refractivity contribution in [1.82, 2.24) is 4.72 Å². The number of benzene rings is 1. The first-order valence-electron chi connectivity index (χ1n) is 5.15. The summed E-state index contributed by atoms with van der Waals surface area (Å²) in [6.45, 7) is 1.12. The van der Waals surface area contributed by atoms with Crippen molar-refractivity contribution in [2.45, 2.75) is 30.5 Å². The van der Waals surface area contributed by atoms with Crippen molar-refractivity contribution >= 4 is 27.3 Å². The average molecular weight is 317 g/mol. The van der Waals surface area contributed by atoms with Gasteiger partial charge >= 0.3 is 6.18 Å². The molecule has 0 fully saturated rings. The van der Waals surface area contributed by atoms with Crippen molar-refractivity contribution in [3.8, 4) is 0 Å². The fourth-order valence-corrected chi connectivity index (χ4v) is 3.22. The summed E-state index contributed by atoms with van der Waals surface area (Å²) >= 11 is 5.70. The van der Waals surface area contributed by atoms with Gasteiger partial charge in [0, 0.05) is 11.7 Å². The Kier molecular flexibility index (Phi) is 4.70. The Morgan fingerprint density at radius 3 is 2.53 bits per heavy atom. The Labute approximate surface area is 113 Å². The molecule has 0 radical (unpaired) electrons. The number of hydrogen-bond acceptors (Lipinski definition) is 3. The van der Waals surface area contributed by atoms with E-state index in [-0.39, 0.29) is 15.6 Å². The number of rotatable bonds is 4. The third-order valence-corrected chi connectivity index (χ3v) is 4.21. The number of alkyl halides is 3. The minimum atomic E-state index is -4.46. The highest BCUT2D eigenvalue weighted by Crippen LogP contribution is 2.26. The molecular formula is C10H12ClF3N2O2S. The number of halogens is 4. The maximum atomic E-state index is 12.1. The van der Waals surface area contributed by atoms with Gasteiger partial charge in [-0.05, 0) is 25.1 Å². The highest BCUT2D eigenvalue weighted by atomic mass is 35.5. The largest absolute Gasteiger partial charge is 0.399 e. The molecule has 9 heteroatoms. The molecule has 1 unspecified atom stereocenters. The first kappa shape index (κ1) is 16.1. The van der Waals surface area contributed by atoms with Gasteiger partial charge in [0.25, 0.3) is 0 Å². The monoisotopic (exact) mass is 316 g/mol. The maximum absolute atomic E-state index is 12.1. The van der Waals surface area contributed by atoms with E-state index in [1.54, 1.807) is 0 Å². The van der Waals surface area contributed by atoms with Gasteiger partial charge in [0.15, 0.2) is 0 Å². The van der Waals surface area contributed by atoms with E-state index in [1.165, 1.54) is 12.1 Å². The highest BCUT2D eigenvalue weighted by Gasteiger charge is 2.32. The molecule has 108 valence electrons. The lowest BCUT2D eigenvalue weighted by Gasteiger charge is -2.16. The van der Waals surface area contributed by atoms with Gasteiger partial charge in [0.1, 0.15) is 4.90 Å².